The minimum atomic E-state index is -1.69. The first-order valence-electron chi connectivity index (χ1n) is 13.8. The van der Waals surface area contributed by atoms with Gasteiger partial charge in [-0.05, 0) is 42.0 Å². The molecule has 1 amide bonds. The fourth-order valence-corrected chi connectivity index (χ4v) is 7.05. The van der Waals surface area contributed by atoms with Gasteiger partial charge in [-0.3, -0.25) is 4.79 Å². The van der Waals surface area contributed by atoms with Gasteiger partial charge in [-0.25, -0.2) is 8.78 Å². The highest BCUT2D eigenvalue weighted by Gasteiger charge is 2.62. The third kappa shape index (κ3) is 5.86. The van der Waals surface area contributed by atoms with Gasteiger partial charge >= 0.3 is 0 Å². The van der Waals surface area contributed by atoms with Gasteiger partial charge < -0.3 is 20.8 Å². The Bertz CT molecular complexity index is 1250. The quantitative estimate of drug-likeness (QED) is 0.318. The van der Waals surface area contributed by atoms with E-state index >= 15 is 8.78 Å². The van der Waals surface area contributed by atoms with Crippen LogP contribution in [-0.4, -0.2) is 47.5 Å². The summed E-state index contributed by atoms with van der Waals surface area (Å²) in [7, 11) is 0. The summed E-state index contributed by atoms with van der Waals surface area (Å²) in [6.45, 7) is 1.60. The van der Waals surface area contributed by atoms with E-state index in [9.17, 15) is 15.2 Å². The molecule has 0 radical (unpaired) electrons. The normalized spacial score (nSPS) is 26.7. The van der Waals surface area contributed by atoms with E-state index in [0.717, 1.165) is 38.2 Å². The summed E-state index contributed by atoms with van der Waals surface area (Å²) in [6.07, 6.45) is 4.17. The topological polar surface area (TPSA) is 105 Å². The van der Waals surface area contributed by atoms with Crippen molar-refractivity contribution < 1.29 is 23.8 Å². The van der Waals surface area contributed by atoms with Crippen molar-refractivity contribution in [3.05, 3.63) is 69.2 Å². The number of rotatable bonds is 9. The number of hydrogen-bond donors (Lipinski definition) is 4. The monoisotopic (exact) mass is 593 g/mol. The van der Waals surface area contributed by atoms with Gasteiger partial charge in [0.05, 0.1) is 29.8 Å². The Morgan fingerprint density at radius 2 is 1.95 bits per heavy atom. The number of nitriles is 1. The number of nitrogens with one attached hydrogen (secondary N) is 2. The number of carbonyl (C=O) groups excluding carboxylic acids is 1. The second kappa shape index (κ2) is 13.1. The zero-order valence-corrected chi connectivity index (χ0v) is 23.9. The van der Waals surface area contributed by atoms with E-state index in [0.29, 0.717) is 0 Å². The standard InChI is InChI=1S/C30H35Cl2F2N3O3/c1-17(18-6-3-2-4-7-18)28-30(16-35,22-11-10-19(31)14-24(22)33)25(21-8-5-9-23(32)26(21)34)27(37-28)29(40)36-13-12-20(39)15-38/h5,8-11,14,17-18,20,25,27-28,37-39H,2-4,6-7,12-13,15H2,1H3,(H,36,40)/t17?,20-,25-,27+,28-,30+/m0/s1. The number of benzene rings is 2. The molecule has 0 spiro atoms. The first-order valence-corrected chi connectivity index (χ1v) is 14.5. The molecule has 4 rings (SSSR count). The SMILES string of the molecule is CC(C1CCCCC1)[C@@H]1N[C@@H](C(=O)NCC[C@H](O)CO)[C@H](c2cccc(Cl)c2F)[C@@]1(C#N)c1ccc(Cl)cc1F. The molecule has 6 nitrogen and oxygen atoms in total. The maximum Gasteiger partial charge on any atom is 0.237 e. The van der Waals surface area contributed by atoms with E-state index in [1.54, 1.807) is 6.07 Å². The van der Waals surface area contributed by atoms with Crippen molar-refractivity contribution in [1.29, 1.82) is 5.26 Å². The Morgan fingerprint density at radius 3 is 2.60 bits per heavy atom. The molecule has 1 aliphatic carbocycles. The summed E-state index contributed by atoms with van der Waals surface area (Å²) in [5.41, 5.74) is -1.62. The van der Waals surface area contributed by atoms with Gasteiger partial charge in [0.2, 0.25) is 5.91 Å². The largest absolute Gasteiger partial charge is 0.394 e. The molecule has 10 heteroatoms. The van der Waals surface area contributed by atoms with E-state index in [4.69, 9.17) is 28.3 Å². The summed E-state index contributed by atoms with van der Waals surface area (Å²) in [5, 5.41) is 36.0. The third-order valence-electron chi connectivity index (χ3n) is 8.74. The number of carbonyl (C=O) groups is 1. The van der Waals surface area contributed by atoms with Crippen LogP contribution in [0.15, 0.2) is 36.4 Å². The smallest absolute Gasteiger partial charge is 0.237 e. The molecule has 1 aliphatic heterocycles. The molecule has 0 bridgehead atoms. The molecule has 0 aromatic heterocycles. The minimum Gasteiger partial charge on any atom is -0.394 e. The lowest BCUT2D eigenvalue weighted by atomic mass is 9.60. The Labute approximate surface area is 243 Å². The number of hydrogen-bond acceptors (Lipinski definition) is 5. The van der Waals surface area contributed by atoms with Crippen molar-refractivity contribution in [1.82, 2.24) is 10.6 Å². The molecule has 40 heavy (non-hydrogen) atoms. The summed E-state index contributed by atoms with van der Waals surface area (Å²) in [5.74, 6) is -3.09. The number of aliphatic hydroxyl groups is 2. The third-order valence-corrected chi connectivity index (χ3v) is 9.27. The van der Waals surface area contributed by atoms with Crippen LogP contribution >= 0.6 is 23.2 Å². The van der Waals surface area contributed by atoms with Crippen molar-refractivity contribution in [3.8, 4) is 6.07 Å². The molecule has 2 aliphatic rings. The maximum absolute atomic E-state index is 15.8. The highest BCUT2D eigenvalue weighted by atomic mass is 35.5. The van der Waals surface area contributed by atoms with Crippen LogP contribution in [0.2, 0.25) is 10.0 Å². The molecule has 1 unspecified atom stereocenters. The molecular formula is C30H35Cl2F2N3O3. The van der Waals surface area contributed by atoms with Gasteiger partial charge in [0.1, 0.15) is 17.0 Å². The molecule has 1 saturated carbocycles. The van der Waals surface area contributed by atoms with Crippen LogP contribution in [0.25, 0.3) is 0 Å². The zero-order chi connectivity index (χ0) is 29.0. The first kappa shape index (κ1) is 30.7. The van der Waals surface area contributed by atoms with Gasteiger partial charge in [-0.15, -0.1) is 0 Å². The Kier molecular flexibility index (Phi) is 10.1. The van der Waals surface area contributed by atoms with Crippen LogP contribution in [0.4, 0.5) is 8.78 Å². The van der Waals surface area contributed by atoms with Crippen LogP contribution < -0.4 is 10.6 Å². The predicted octanol–water partition coefficient (Wildman–Crippen LogP) is 5.23. The van der Waals surface area contributed by atoms with Crippen LogP contribution in [-0.2, 0) is 10.2 Å². The molecule has 1 heterocycles. The molecule has 6 atom stereocenters. The highest BCUT2D eigenvalue weighted by Crippen LogP contribution is 2.54. The molecule has 2 fully saturated rings. The van der Waals surface area contributed by atoms with E-state index in [2.05, 4.69) is 16.7 Å². The average molecular weight is 595 g/mol. The summed E-state index contributed by atoms with van der Waals surface area (Å²) in [6, 6.07) is 9.05. The van der Waals surface area contributed by atoms with Crippen LogP contribution in [0.3, 0.4) is 0 Å². The average Bonchev–Trinajstić information content (AvgIpc) is 3.30. The fourth-order valence-electron chi connectivity index (χ4n) is 6.71. The van der Waals surface area contributed by atoms with Crippen molar-refractivity contribution in [2.24, 2.45) is 11.8 Å². The van der Waals surface area contributed by atoms with Gasteiger partial charge in [0.25, 0.3) is 0 Å². The second-order valence-electron chi connectivity index (χ2n) is 11.0. The van der Waals surface area contributed by atoms with Crippen molar-refractivity contribution in [3.63, 3.8) is 0 Å². The van der Waals surface area contributed by atoms with Gasteiger partial charge in [0, 0.05) is 29.1 Å². The van der Waals surface area contributed by atoms with Crippen molar-refractivity contribution in [2.45, 2.75) is 75.0 Å². The number of aliphatic hydroxyl groups excluding tert-OH is 2. The summed E-state index contributed by atoms with van der Waals surface area (Å²) in [4.78, 5) is 13.7. The lowest BCUT2D eigenvalue weighted by Crippen LogP contribution is -2.49. The lowest BCUT2D eigenvalue weighted by molar-refractivity contribution is -0.123. The van der Waals surface area contributed by atoms with Gasteiger partial charge in [-0.1, -0.05) is 80.4 Å². The van der Waals surface area contributed by atoms with Crippen LogP contribution in [0, 0.1) is 34.8 Å². The van der Waals surface area contributed by atoms with Gasteiger partial charge in [-0.2, -0.15) is 5.26 Å². The number of halogens is 4. The van der Waals surface area contributed by atoms with Gasteiger partial charge in [0.15, 0.2) is 0 Å². The molecule has 2 aromatic carbocycles. The second-order valence-corrected chi connectivity index (χ2v) is 11.9. The summed E-state index contributed by atoms with van der Waals surface area (Å²) >= 11 is 12.3. The first-order chi connectivity index (χ1) is 19.1. The van der Waals surface area contributed by atoms with Crippen LogP contribution in [0.5, 0.6) is 0 Å². The number of nitrogens with zero attached hydrogens (tertiary/aromatic N) is 1. The van der Waals surface area contributed by atoms with E-state index in [1.807, 2.05) is 6.92 Å². The zero-order valence-electron chi connectivity index (χ0n) is 22.3. The highest BCUT2D eigenvalue weighted by molar-refractivity contribution is 6.31. The Hall–Kier alpha value is -2.28. The van der Waals surface area contributed by atoms with Crippen molar-refractivity contribution >= 4 is 29.1 Å². The molecule has 1 saturated heterocycles. The number of amides is 1. The minimum absolute atomic E-state index is 0.0322. The molecular weight excluding hydrogens is 559 g/mol. The van der Waals surface area contributed by atoms with E-state index < -0.39 is 53.7 Å². The Morgan fingerprint density at radius 1 is 1.23 bits per heavy atom. The maximum atomic E-state index is 15.8. The predicted molar refractivity (Wildman–Crippen MR) is 150 cm³/mol. The molecule has 4 N–H and O–H groups in total. The fraction of sp³-hybridized carbons (Fsp3) is 0.533. The van der Waals surface area contributed by atoms with E-state index in [1.165, 1.54) is 24.3 Å². The van der Waals surface area contributed by atoms with Crippen LogP contribution in [0.1, 0.15) is 62.5 Å². The molecule has 216 valence electrons. The molecule has 2 aromatic rings. The lowest BCUT2D eigenvalue weighted by Gasteiger charge is -2.41. The van der Waals surface area contributed by atoms with E-state index in [-0.39, 0.29) is 46.0 Å². The van der Waals surface area contributed by atoms with Crippen molar-refractivity contribution in [2.75, 3.05) is 13.2 Å². The summed E-state index contributed by atoms with van der Waals surface area (Å²) < 4.78 is 31.6. The Balaban J connectivity index is 1.90.